The Bertz CT molecular complexity index is 371. The third-order valence-electron chi connectivity index (χ3n) is 2.86. The highest BCUT2D eigenvalue weighted by molar-refractivity contribution is 7.05. The number of aryl methyl sites for hydroxylation is 1. The van der Waals surface area contributed by atoms with Crippen LogP contribution in [-0.4, -0.2) is 32.7 Å². The number of carboxylic acids is 1. The van der Waals surface area contributed by atoms with Crippen molar-refractivity contribution in [2.45, 2.75) is 31.7 Å². The van der Waals surface area contributed by atoms with Crippen molar-refractivity contribution in [3.05, 3.63) is 10.6 Å². The van der Waals surface area contributed by atoms with Gasteiger partial charge < -0.3 is 10.4 Å². The fourth-order valence-electron chi connectivity index (χ4n) is 1.90. The van der Waals surface area contributed by atoms with Gasteiger partial charge in [0.2, 0.25) is 0 Å². The van der Waals surface area contributed by atoms with Crippen LogP contribution in [0.2, 0.25) is 0 Å². The van der Waals surface area contributed by atoms with E-state index in [0.29, 0.717) is 12.8 Å². The van der Waals surface area contributed by atoms with Crippen LogP contribution in [0.15, 0.2) is 0 Å². The zero-order valence-electron chi connectivity index (χ0n) is 8.49. The van der Waals surface area contributed by atoms with Gasteiger partial charge in [-0.05, 0) is 37.8 Å². The molecular weight excluding hydrogens is 214 g/mol. The predicted molar refractivity (Wildman–Crippen MR) is 56.0 cm³/mol. The Hall–Kier alpha value is -1.01. The van der Waals surface area contributed by atoms with Crippen LogP contribution in [-0.2, 0) is 11.2 Å². The zero-order chi connectivity index (χ0) is 10.9. The maximum absolute atomic E-state index is 11.3. The van der Waals surface area contributed by atoms with E-state index in [4.69, 9.17) is 0 Å². The van der Waals surface area contributed by atoms with Crippen LogP contribution in [0.1, 0.15) is 23.4 Å². The molecule has 2 rings (SSSR count). The fourth-order valence-corrected chi connectivity index (χ4v) is 2.65. The van der Waals surface area contributed by atoms with Crippen LogP contribution in [0.4, 0.5) is 0 Å². The minimum atomic E-state index is -0.793. The molecule has 0 bridgehead atoms. The SMILES string of the molecule is Cc1nnsc1CC1(C(=O)O)CCCN1. The maximum atomic E-state index is 11.3. The lowest BCUT2D eigenvalue weighted by Crippen LogP contribution is -2.49. The van der Waals surface area contributed by atoms with Crippen LogP contribution in [0, 0.1) is 6.92 Å². The minimum Gasteiger partial charge on any atom is -0.480 e. The maximum Gasteiger partial charge on any atom is 0.324 e. The first kappa shape index (κ1) is 10.5. The summed E-state index contributed by atoms with van der Waals surface area (Å²) in [5.41, 5.74) is 0.0493. The predicted octanol–water partition coefficient (Wildman–Crippen LogP) is 0.596. The zero-order valence-corrected chi connectivity index (χ0v) is 9.30. The highest BCUT2D eigenvalue weighted by Crippen LogP contribution is 2.26. The molecule has 82 valence electrons. The molecule has 15 heavy (non-hydrogen) atoms. The number of carbonyl (C=O) groups is 1. The van der Waals surface area contributed by atoms with Crippen molar-refractivity contribution >= 4 is 17.5 Å². The summed E-state index contributed by atoms with van der Waals surface area (Å²) in [6, 6.07) is 0. The molecule has 1 unspecified atom stereocenters. The van der Waals surface area contributed by atoms with E-state index in [-0.39, 0.29) is 0 Å². The van der Waals surface area contributed by atoms with Gasteiger partial charge in [0, 0.05) is 6.42 Å². The first-order chi connectivity index (χ1) is 7.14. The summed E-state index contributed by atoms with van der Waals surface area (Å²) in [6.07, 6.45) is 2.09. The summed E-state index contributed by atoms with van der Waals surface area (Å²) in [6.45, 7) is 2.64. The van der Waals surface area contributed by atoms with E-state index in [0.717, 1.165) is 23.5 Å². The Kier molecular flexibility index (Phi) is 2.70. The normalized spacial score (nSPS) is 25.7. The van der Waals surface area contributed by atoms with Crippen LogP contribution in [0.5, 0.6) is 0 Å². The second-order valence-electron chi connectivity index (χ2n) is 3.88. The smallest absolute Gasteiger partial charge is 0.324 e. The number of carboxylic acid groups (broad SMARTS) is 1. The Morgan fingerprint density at radius 2 is 2.53 bits per heavy atom. The number of aromatic nitrogens is 2. The van der Waals surface area contributed by atoms with Crippen LogP contribution < -0.4 is 5.32 Å². The number of hydrogen-bond donors (Lipinski definition) is 2. The molecule has 2 heterocycles. The molecule has 5 nitrogen and oxygen atoms in total. The second-order valence-corrected chi connectivity index (χ2v) is 4.71. The number of nitrogens with zero attached hydrogens (tertiary/aromatic N) is 2. The third-order valence-corrected chi connectivity index (χ3v) is 3.68. The molecule has 1 atom stereocenters. The Morgan fingerprint density at radius 1 is 1.73 bits per heavy atom. The average Bonchev–Trinajstić information content (AvgIpc) is 2.78. The lowest BCUT2D eigenvalue weighted by molar-refractivity contribution is -0.144. The van der Waals surface area contributed by atoms with Gasteiger partial charge in [0.1, 0.15) is 5.54 Å². The van der Waals surface area contributed by atoms with Gasteiger partial charge in [0.05, 0.1) is 10.6 Å². The van der Waals surface area contributed by atoms with E-state index in [1.54, 1.807) is 0 Å². The summed E-state index contributed by atoms with van der Waals surface area (Å²) in [5, 5.41) is 16.2. The number of rotatable bonds is 3. The molecule has 0 aromatic carbocycles. The van der Waals surface area contributed by atoms with Crippen molar-refractivity contribution in [3.63, 3.8) is 0 Å². The molecule has 6 heteroatoms. The summed E-state index contributed by atoms with van der Waals surface area (Å²) >= 11 is 1.29. The molecule has 1 aromatic rings. The van der Waals surface area contributed by atoms with Gasteiger partial charge in [-0.3, -0.25) is 4.79 Å². The minimum absolute atomic E-state index is 0.492. The van der Waals surface area contributed by atoms with E-state index in [9.17, 15) is 9.90 Å². The van der Waals surface area contributed by atoms with Gasteiger partial charge in [-0.25, -0.2) is 0 Å². The number of nitrogens with one attached hydrogen (secondary N) is 1. The summed E-state index contributed by atoms with van der Waals surface area (Å²) in [7, 11) is 0. The molecule has 1 aliphatic rings. The second kappa shape index (κ2) is 3.86. The summed E-state index contributed by atoms with van der Waals surface area (Å²) < 4.78 is 3.83. The summed E-state index contributed by atoms with van der Waals surface area (Å²) in [4.78, 5) is 12.2. The van der Waals surface area contributed by atoms with Crippen molar-refractivity contribution in [3.8, 4) is 0 Å². The van der Waals surface area contributed by atoms with Crippen molar-refractivity contribution in [2.24, 2.45) is 0 Å². The molecule has 2 N–H and O–H groups in total. The topological polar surface area (TPSA) is 75.1 Å². The lowest BCUT2D eigenvalue weighted by atomic mass is 9.92. The Balaban J connectivity index is 2.21. The molecule has 0 spiro atoms. The number of aliphatic carboxylic acids is 1. The first-order valence-corrected chi connectivity index (χ1v) is 5.68. The third kappa shape index (κ3) is 1.87. The summed E-state index contributed by atoms with van der Waals surface area (Å²) in [5.74, 6) is -0.771. The monoisotopic (exact) mass is 227 g/mol. The molecule has 0 aliphatic carbocycles. The molecule has 1 aromatic heterocycles. The highest BCUT2D eigenvalue weighted by Gasteiger charge is 2.41. The van der Waals surface area contributed by atoms with E-state index in [1.165, 1.54) is 11.5 Å². The average molecular weight is 227 g/mol. The van der Waals surface area contributed by atoms with Gasteiger partial charge in [0.15, 0.2) is 0 Å². The molecular formula is C9H13N3O2S. The van der Waals surface area contributed by atoms with Crippen molar-refractivity contribution in [1.29, 1.82) is 0 Å². The standard InChI is InChI=1S/C9H13N3O2S/c1-6-7(15-12-11-6)5-9(8(13)14)3-2-4-10-9/h10H,2-5H2,1H3,(H,13,14). The van der Waals surface area contributed by atoms with E-state index in [2.05, 4.69) is 14.9 Å². The van der Waals surface area contributed by atoms with Crippen LogP contribution >= 0.6 is 11.5 Å². The molecule has 1 saturated heterocycles. The van der Waals surface area contributed by atoms with E-state index < -0.39 is 11.5 Å². The Morgan fingerprint density at radius 3 is 3.00 bits per heavy atom. The lowest BCUT2D eigenvalue weighted by Gasteiger charge is -2.23. The van der Waals surface area contributed by atoms with E-state index in [1.807, 2.05) is 6.92 Å². The van der Waals surface area contributed by atoms with Crippen molar-refractivity contribution < 1.29 is 9.90 Å². The quantitative estimate of drug-likeness (QED) is 0.790. The van der Waals surface area contributed by atoms with Crippen LogP contribution in [0.3, 0.4) is 0 Å². The molecule has 1 fully saturated rings. The molecule has 1 aliphatic heterocycles. The van der Waals surface area contributed by atoms with Gasteiger partial charge in [-0.15, -0.1) is 5.10 Å². The van der Waals surface area contributed by atoms with Gasteiger partial charge in [-0.2, -0.15) is 0 Å². The van der Waals surface area contributed by atoms with Gasteiger partial charge >= 0.3 is 5.97 Å². The van der Waals surface area contributed by atoms with Crippen molar-refractivity contribution in [2.75, 3.05) is 6.54 Å². The molecule has 0 radical (unpaired) electrons. The Labute approximate surface area is 91.7 Å². The van der Waals surface area contributed by atoms with E-state index >= 15 is 0 Å². The largest absolute Gasteiger partial charge is 0.480 e. The van der Waals surface area contributed by atoms with Crippen LogP contribution in [0.25, 0.3) is 0 Å². The van der Waals surface area contributed by atoms with Gasteiger partial charge in [-0.1, -0.05) is 4.49 Å². The molecule has 0 saturated carbocycles. The fraction of sp³-hybridized carbons (Fsp3) is 0.667. The van der Waals surface area contributed by atoms with Gasteiger partial charge in [0.25, 0.3) is 0 Å². The first-order valence-electron chi connectivity index (χ1n) is 4.90. The van der Waals surface area contributed by atoms with Crippen molar-refractivity contribution in [1.82, 2.24) is 14.9 Å². The molecule has 0 amide bonds. The number of hydrogen-bond acceptors (Lipinski definition) is 5. The highest BCUT2D eigenvalue weighted by atomic mass is 32.1.